The fraction of sp³-hybridized carbons (Fsp3) is 0.619. The molecule has 0 aromatic heterocycles. The Labute approximate surface area is 170 Å². The van der Waals surface area contributed by atoms with E-state index in [0.29, 0.717) is 18.1 Å². The summed E-state index contributed by atoms with van der Waals surface area (Å²) < 4.78 is 10.7. The topological polar surface area (TPSA) is 71.6 Å². The van der Waals surface area contributed by atoms with Gasteiger partial charge >= 0.3 is 0 Å². The molecule has 4 aliphatic carbocycles. The maximum absolute atomic E-state index is 12.5. The van der Waals surface area contributed by atoms with E-state index in [4.69, 9.17) is 21.7 Å². The molecule has 1 aromatic rings. The molecule has 0 spiro atoms. The van der Waals surface area contributed by atoms with Crippen LogP contribution in [0.2, 0.25) is 0 Å². The molecule has 150 valence electrons. The highest BCUT2D eigenvalue weighted by Crippen LogP contribution is 2.61. The van der Waals surface area contributed by atoms with Crippen molar-refractivity contribution in [3.05, 3.63) is 23.8 Å². The summed E-state index contributed by atoms with van der Waals surface area (Å²) in [6.07, 6.45) is 8.51. The van der Waals surface area contributed by atoms with Gasteiger partial charge in [0.05, 0.1) is 0 Å². The summed E-state index contributed by atoms with van der Waals surface area (Å²) in [5.74, 6) is 4.14. The molecule has 1 amide bonds. The van der Waals surface area contributed by atoms with Crippen molar-refractivity contribution >= 4 is 23.2 Å². The minimum Gasteiger partial charge on any atom is -0.454 e. The van der Waals surface area contributed by atoms with Gasteiger partial charge in [-0.15, -0.1) is 0 Å². The first-order chi connectivity index (χ1) is 13.6. The first-order valence-corrected chi connectivity index (χ1v) is 10.7. The number of benzene rings is 1. The van der Waals surface area contributed by atoms with Crippen LogP contribution < -0.4 is 25.6 Å². The lowest BCUT2D eigenvalue weighted by molar-refractivity contribution is -0.130. The number of hydrogen-bond acceptors (Lipinski definition) is 4. The number of rotatable bonds is 4. The Bertz CT molecular complexity index is 762. The summed E-state index contributed by atoms with van der Waals surface area (Å²) in [4.78, 5) is 12.5. The summed E-state index contributed by atoms with van der Waals surface area (Å²) in [5.41, 5.74) is 6.92. The SMILES string of the molecule is O=C(CC12CC3CC(CC(C3)C1)C2)NNC(=S)NCc1ccc2c(c1)OCO2. The minimum atomic E-state index is 0.0502. The van der Waals surface area contributed by atoms with Gasteiger partial charge in [-0.3, -0.25) is 15.6 Å². The molecule has 0 atom stereocenters. The second-order valence-corrected chi connectivity index (χ2v) is 9.55. The summed E-state index contributed by atoms with van der Waals surface area (Å²) >= 11 is 5.29. The number of hydrazine groups is 1. The first kappa shape index (κ1) is 18.0. The van der Waals surface area contributed by atoms with Gasteiger partial charge in [-0.25, -0.2) is 0 Å². The Morgan fingerprint density at radius 1 is 1.04 bits per heavy atom. The van der Waals surface area contributed by atoms with Crippen molar-refractivity contribution in [2.45, 2.75) is 51.5 Å². The largest absolute Gasteiger partial charge is 0.454 e. The second-order valence-electron chi connectivity index (χ2n) is 9.14. The molecule has 4 bridgehead atoms. The normalized spacial score (nSPS) is 31.5. The molecule has 4 saturated carbocycles. The summed E-state index contributed by atoms with van der Waals surface area (Å²) in [6, 6.07) is 5.79. The van der Waals surface area contributed by atoms with E-state index in [0.717, 1.165) is 34.8 Å². The molecule has 1 heterocycles. The van der Waals surface area contributed by atoms with Crippen LogP contribution in [0.4, 0.5) is 0 Å². The van der Waals surface area contributed by atoms with E-state index in [2.05, 4.69) is 16.2 Å². The third-order valence-electron chi connectivity index (χ3n) is 6.91. The van der Waals surface area contributed by atoms with Gasteiger partial charge < -0.3 is 14.8 Å². The van der Waals surface area contributed by atoms with Crippen LogP contribution in [0, 0.1) is 23.2 Å². The number of ether oxygens (including phenoxy) is 2. The van der Waals surface area contributed by atoms with Crippen LogP contribution >= 0.6 is 12.2 Å². The van der Waals surface area contributed by atoms with Crippen LogP contribution in [0.5, 0.6) is 11.5 Å². The molecule has 1 aliphatic heterocycles. The van der Waals surface area contributed by atoms with Crippen molar-refractivity contribution in [2.24, 2.45) is 23.2 Å². The lowest BCUT2D eigenvalue weighted by atomic mass is 9.49. The highest BCUT2D eigenvalue weighted by atomic mass is 32.1. The molecule has 6 nitrogen and oxygen atoms in total. The van der Waals surface area contributed by atoms with Gasteiger partial charge in [-0.1, -0.05) is 6.07 Å². The van der Waals surface area contributed by atoms with Crippen LogP contribution in [-0.4, -0.2) is 17.8 Å². The number of nitrogens with one attached hydrogen (secondary N) is 3. The van der Waals surface area contributed by atoms with Crippen molar-refractivity contribution in [1.82, 2.24) is 16.2 Å². The highest BCUT2D eigenvalue weighted by molar-refractivity contribution is 7.80. The zero-order chi connectivity index (χ0) is 19.1. The van der Waals surface area contributed by atoms with Crippen molar-refractivity contribution in [1.29, 1.82) is 0 Å². The van der Waals surface area contributed by atoms with E-state index in [1.54, 1.807) is 0 Å². The average molecular weight is 402 g/mol. The van der Waals surface area contributed by atoms with E-state index >= 15 is 0 Å². The number of hydrogen-bond donors (Lipinski definition) is 3. The van der Waals surface area contributed by atoms with Gasteiger partial charge in [-0.05, 0) is 91.6 Å². The zero-order valence-corrected chi connectivity index (χ0v) is 16.8. The van der Waals surface area contributed by atoms with Gasteiger partial charge in [0.1, 0.15) is 0 Å². The predicted octanol–water partition coefficient (Wildman–Crippen LogP) is 3.02. The Morgan fingerprint density at radius 3 is 2.43 bits per heavy atom. The molecule has 1 aromatic carbocycles. The molecule has 0 saturated heterocycles. The maximum Gasteiger partial charge on any atom is 0.238 e. The molecular weight excluding hydrogens is 374 g/mol. The number of amides is 1. The molecule has 7 heteroatoms. The van der Waals surface area contributed by atoms with Crippen LogP contribution in [0.3, 0.4) is 0 Å². The number of carbonyl (C=O) groups excluding carboxylic acids is 1. The zero-order valence-electron chi connectivity index (χ0n) is 16.0. The van der Waals surface area contributed by atoms with E-state index in [9.17, 15) is 4.79 Å². The average Bonchev–Trinajstić information content (AvgIpc) is 3.11. The standard InChI is InChI=1S/C21H27N3O3S/c25-19(10-21-7-14-3-15(8-21)5-16(4-14)9-21)23-24-20(28)22-11-13-1-2-17-18(6-13)27-12-26-17/h1-2,6,14-16H,3-5,7-12H2,(H,23,25)(H2,22,24,28). The quantitative estimate of drug-likeness (QED) is 0.532. The van der Waals surface area contributed by atoms with Crippen LogP contribution in [0.1, 0.15) is 50.5 Å². The summed E-state index contributed by atoms with van der Waals surface area (Å²) in [6.45, 7) is 0.815. The number of fused-ring (bicyclic) bond motifs is 1. The van der Waals surface area contributed by atoms with Crippen LogP contribution in [-0.2, 0) is 11.3 Å². The van der Waals surface area contributed by atoms with E-state index in [1.165, 1.54) is 38.5 Å². The smallest absolute Gasteiger partial charge is 0.238 e. The molecule has 4 fully saturated rings. The second kappa shape index (κ2) is 7.10. The molecule has 6 rings (SSSR count). The van der Waals surface area contributed by atoms with Gasteiger partial charge in [-0.2, -0.15) is 0 Å². The van der Waals surface area contributed by atoms with Crippen molar-refractivity contribution < 1.29 is 14.3 Å². The summed E-state index contributed by atoms with van der Waals surface area (Å²) in [7, 11) is 0. The van der Waals surface area contributed by atoms with Crippen LogP contribution in [0.15, 0.2) is 18.2 Å². The molecule has 0 radical (unpaired) electrons. The van der Waals surface area contributed by atoms with Crippen LogP contribution in [0.25, 0.3) is 0 Å². The Kier molecular flexibility index (Phi) is 4.57. The van der Waals surface area contributed by atoms with Crippen molar-refractivity contribution in [3.63, 3.8) is 0 Å². The molecule has 5 aliphatic rings. The number of thiocarbonyl (C=S) groups is 1. The van der Waals surface area contributed by atoms with Gasteiger partial charge in [0.25, 0.3) is 0 Å². The van der Waals surface area contributed by atoms with Gasteiger partial charge in [0, 0.05) is 13.0 Å². The van der Waals surface area contributed by atoms with Crippen molar-refractivity contribution in [2.75, 3.05) is 6.79 Å². The molecule has 28 heavy (non-hydrogen) atoms. The highest BCUT2D eigenvalue weighted by Gasteiger charge is 2.51. The Balaban J connectivity index is 1.08. The first-order valence-electron chi connectivity index (χ1n) is 10.3. The fourth-order valence-electron chi connectivity index (χ4n) is 6.30. The lowest BCUT2D eigenvalue weighted by Gasteiger charge is -2.56. The maximum atomic E-state index is 12.5. The third-order valence-corrected chi connectivity index (χ3v) is 7.15. The number of carbonyl (C=O) groups is 1. The third kappa shape index (κ3) is 3.64. The molecule has 3 N–H and O–H groups in total. The van der Waals surface area contributed by atoms with E-state index in [-0.39, 0.29) is 18.1 Å². The van der Waals surface area contributed by atoms with E-state index in [1.807, 2.05) is 18.2 Å². The fourth-order valence-corrected chi connectivity index (χ4v) is 6.42. The molecule has 0 unspecified atom stereocenters. The van der Waals surface area contributed by atoms with E-state index < -0.39 is 0 Å². The Morgan fingerprint density at radius 2 is 1.71 bits per heavy atom. The predicted molar refractivity (Wildman–Crippen MR) is 109 cm³/mol. The summed E-state index contributed by atoms with van der Waals surface area (Å²) in [5, 5.41) is 3.53. The van der Waals surface area contributed by atoms with Crippen molar-refractivity contribution in [3.8, 4) is 11.5 Å². The molecular formula is C21H27N3O3S. The Hall–Kier alpha value is -2.02. The minimum absolute atomic E-state index is 0.0502. The van der Waals surface area contributed by atoms with Gasteiger partial charge in [0.2, 0.25) is 12.7 Å². The monoisotopic (exact) mass is 401 g/mol. The van der Waals surface area contributed by atoms with Gasteiger partial charge in [0.15, 0.2) is 16.6 Å². The lowest BCUT2D eigenvalue weighted by Crippen LogP contribution is -2.51.